The maximum atomic E-state index is 12.1. The first kappa shape index (κ1) is 18.4. The van der Waals surface area contributed by atoms with Crippen LogP contribution in [0.3, 0.4) is 0 Å². The lowest BCUT2D eigenvalue weighted by molar-refractivity contribution is -0.141. The minimum Gasteiger partial charge on any atom is -0.369 e. The second kappa shape index (κ2) is 7.23. The van der Waals surface area contributed by atoms with Crippen LogP contribution in [0.15, 0.2) is 0 Å². The zero-order valence-corrected chi connectivity index (χ0v) is 12.9. The zero-order chi connectivity index (χ0) is 16.1. The van der Waals surface area contributed by atoms with Crippen molar-refractivity contribution >= 4 is 17.7 Å². The number of nitrogens with two attached hydrogens (primary N) is 1. The Kier molecular flexibility index (Phi) is 6.64. The molecule has 7 heteroatoms. The van der Waals surface area contributed by atoms with Gasteiger partial charge in [-0.1, -0.05) is 20.8 Å². The van der Waals surface area contributed by atoms with Gasteiger partial charge in [-0.2, -0.15) is 0 Å². The van der Waals surface area contributed by atoms with E-state index in [9.17, 15) is 14.4 Å². The summed E-state index contributed by atoms with van der Waals surface area (Å²) in [7, 11) is 1.26. The number of hydrogen-bond donors (Lipinski definition) is 3. The highest BCUT2D eigenvalue weighted by Crippen LogP contribution is 2.14. The van der Waals surface area contributed by atoms with Crippen LogP contribution in [0.4, 0.5) is 0 Å². The molecule has 3 amide bonds. The van der Waals surface area contributed by atoms with Crippen LogP contribution in [0.25, 0.3) is 0 Å². The van der Waals surface area contributed by atoms with Crippen LogP contribution in [0, 0.1) is 5.41 Å². The molecule has 0 aromatic carbocycles. The Morgan fingerprint density at radius 3 is 1.90 bits per heavy atom. The molecule has 116 valence electrons. The van der Waals surface area contributed by atoms with Gasteiger partial charge in [0.15, 0.2) is 6.10 Å². The predicted octanol–water partition coefficient (Wildman–Crippen LogP) is -0.458. The van der Waals surface area contributed by atoms with Gasteiger partial charge in [-0.15, -0.1) is 0 Å². The molecule has 0 aliphatic carbocycles. The fourth-order valence-corrected chi connectivity index (χ4v) is 1.43. The topological polar surface area (TPSA) is 111 Å². The molecule has 0 saturated carbocycles. The summed E-state index contributed by atoms with van der Waals surface area (Å²) in [6, 6.07) is -1.30. The number of amides is 3. The van der Waals surface area contributed by atoms with Gasteiger partial charge in [-0.25, -0.2) is 0 Å². The van der Waals surface area contributed by atoms with Gasteiger partial charge in [-0.05, 0) is 13.8 Å². The Labute approximate surface area is 119 Å². The summed E-state index contributed by atoms with van der Waals surface area (Å²) < 4.78 is 4.94. The van der Waals surface area contributed by atoms with E-state index in [0.29, 0.717) is 0 Å². The van der Waals surface area contributed by atoms with E-state index in [1.165, 1.54) is 7.11 Å². The lowest BCUT2D eigenvalue weighted by atomic mass is 9.94. The number of ether oxygens (including phenoxy) is 1. The molecule has 0 aromatic rings. The van der Waals surface area contributed by atoms with Gasteiger partial charge in [0.1, 0.15) is 6.04 Å². The van der Waals surface area contributed by atoms with Crippen LogP contribution in [-0.2, 0) is 19.1 Å². The minimum atomic E-state index is -1.22. The van der Waals surface area contributed by atoms with Crippen LogP contribution in [0.5, 0.6) is 0 Å². The summed E-state index contributed by atoms with van der Waals surface area (Å²) in [6.07, 6.45) is -1.22. The Morgan fingerprint density at radius 2 is 1.60 bits per heavy atom. The van der Waals surface area contributed by atoms with Crippen molar-refractivity contribution in [3.8, 4) is 0 Å². The van der Waals surface area contributed by atoms with Crippen molar-refractivity contribution in [3.05, 3.63) is 0 Å². The minimum absolute atomic E-state index is 0.137. The van der Waals surface area contributed by atoms with E-state index in [2.05, 4.69) is 10.6 Å². The third-order valence-electron chi connectivity index (χ3n) is 2.52. The number of nitrogens with one attached hydrogen (secondary N) is 2. The monoisotopic (exact) mass is 287 g/mol. The summed E-state index contributed by atoms with van der Waals surface area (Å²) in [4.78, 5) is 35.5. The molecule has 0 aliphatic rings. The smallest absolute Gasteiger partial charge is 0.249 e. The Balaban J connectivity index is 5.21. The highest BCUT2D eigenvalue weighted by molar-refractivity contribution is 5.95. The molecule has 0 saturated heterocycles. The molecule has 0 radical (unpaired) electrons. The fraction of sp³-hybridized carbons (Fsp3) is 0.769. The van der Waals surface area contributed by atoms with Gasteiger partial charge >= 0.3 is 0 Å². The molecule has 0 rings (SSSR count). The van der Waals surface area contributed by atoms with Crippen LogP contribution >= 0.6 is 0 Å². The lowest BCUT2D eigenvalue weighted by Crippen LogP contribution is -2.59. The molecule has 20 heavy (non-hydrogen) atoms. The quantitative estimate of drug-likeness (QED) is 0.614. The number of carbonyl (C=O) groups is 3. The average molecular weight is 287 g/mol. The van der Waals surface area contributed by atoms with Crippen LogP contribution in [-0.4, -0.2) is 43.0 Å². The van der Waals surface area contributed by atoms with Crippen molar-refractivity contribution in [1.82, 2.24) is 10.6 Å². The average Bonchev–Trinajstić information content (AvgIpc) is 2.25. The summed E-state index contributed by atoms with van der Waals surface area (Å²) in [5.41, 5.74) is 4.50. The van der Waals surface area contributed by atoms with Crippen LogP contribution in [0.1, 0.15) is 34.6 Å². The van der Waals surface area contributed by atoms with Gasteiger partial charge in [0.2, 0.25) is 17.7 Å². The summed E-state index contributed by atoms with van der Waals surface area (Å²) in [5, 5.41) is 5.15. The zero-order valence-electron chi connectivity index (χ0n) is 12.9. The van der Waals surface area contributed by atoms with E-state index in [-0.39, 0.29) is 11.9 Å². The number of rotatable bonds is 6. The second-order valence-corrected chi connectivity index (χ2v) is 5.92. The summed E-state index contributed by atoms with van der Waals surface area (Å²) in [5.74, 6) is -1.70. The fourth-order valence-electron chi connectivity index (χ4n) is 1.43. The first-order valence-corrected chi connectivity index (χ1v) is 6.44. The van der Waals surface area contributed by atoms with Crippen LogP contribution < -0.4 is 16.4 Å². The van der Waals surface area contributed by atoms with Gasteiger partial charge in [-0.3, -0.25) is 14.4 Å². The standard InChI is InChI=1S/C13H25N3O4/c1-7(2)15-11(18)8(9(20-6)10(14)17)16-12(19)13(3,4)5/h7-9H,1-6H3,(H2,14,17)(H,15,18)(H,16,19). The Hall–Kier alpha value is -1.63. The number of hydrogen-bond acceptors (Lipinski definition) is 4. The van der Waals surface area contributed by atoms with E-state index in [1.807, 2.05) is 0 Å². The maximum absolute atomic E-state index is 12.1. The van der Waals surface area contributed by atoms with Crippen molar-refractivity contribution < 1.29 is 19.1 Å². The molecule has 0 spiro atoms. The van der Waals surface area contributed by atoms with Gasteiger partial charge in [0.25, 0.3) is 0 Å². The predicted molar refractivity (Wildman–Crippen MR) is 74.7 cm³/mol. The lowest BCUT2D eigenvalue weighted by Gasteiger charge is -2.28. The molecule has 0 aliphatic heterocycles. The normalized spacial score (nSPS) is 14.6. The van der Waals surface area contributed by atoms with E-state index in [1.54, 1.807) is 34.6 Å². The molecule has 0 fully saturated rings. The largest absolute Gasteiger partial charge is 0.369 e. The van der Waals surface area contributed by atoms with Crippen LogP contribution in [0.2, 0.25) is 0 Å². The highest BCUT2D eigenvalue weighted by Gasteiger charge is 2.36. The molecule has 2 unspecified atom stereocenters. The summed E-state index contributed by atoms with van der Waals surface area (Å²) in [6.45, 7) is 8.64. The SMILES string of the molecule is COC(C(N)=O)C(NC(=O)C(C)(C)C)C(=O)NC(C)C. The first-order chi connectivity index (χ1) is 9.00. The molecule has 2 atom stereocenters. The van der Waals surface area contributed by atoms with Crippen molar-refractivity contribution in [2.45, 2.75) is 52.8 Å². The Morgan fingerprint density at radius 1 is 1.10 bits per heavy atom. The first-order valence-electron chi connectivity index (χ1n) is 6.44. The van der Waals surface area contributed by atoms with E-state index >= 15 is 0 Å². The van der Waals surface area contributed by atoms with Crippen molar-refractivity contribution in [1.29, 1.82) is 0 Å². The number of carbonyl (C=O) groups excluding carboxylic acids is 3. The molecular formula is C13H25N3O4. The third-order valence-corrected chi connectivity index (χ3v) is 2.52. The summed E-state index contributed by atoms with van der Waals surface area (Å²) >= 11 is 0. The number of primary amides is 1. The molecule has 0 aromatic heterocycles. The number of methoxy groups -OCH3 is 1. The van der Waals surface area contributed by atoms with Gasteiger partial charge < -0.3 is 21.1 Å². The van der Waals surface area contributed by atoms with Crippen molar-refractivity contribution in [2.24, 2.45) is 11.1 Å². The second-order valence-electron chi connectivity index (χ2n) is 5.92. The molecular weight excluding hydrogens is 262 g/mol. The molecule has 0 bridgehead atoms. The van der Waals surface area contributed by atoms with Crippen molar-refractivity contribution in [3.63, 3.8) is 0 Å². The molecule has 0 heterocycles. The third kappa shape index (κ3) is 5.56. The maximum Gasteiger partial charge on any atom is 0.249 e. The van der Waals surface area contributed by atoms with E-state index in [0.717, 1.165) is 0 Å². The van der Waals surface area contributed by atoms with E-state index in [4.69, 9.17) is 10.5 Å². The Bertz CT molecular complexity index is 374. The molecule has 4 N–H and O–H groups in total. The highest BCUT2D eigenvalue weighted by atomic mass is 16.5. The van der Waals surface area contributed by atoms with Gasteiger partial charge in [0.05, 0.1) is 0 Å². The van der Waals surface area contributed by atoms with Gasteiger partial charge in [0, 0.05) is 18.6 Å². The van der Waals surface area contributed by atoms with E-state index < -0.39 is 29.4 Å². The van der Waals surface area contributed by atoms with Crippen molar-refractivity contribution in [2.75, 3.05) is 7.11 Å². The molecule has 7 nitrogen and oxygen atoms in total.